The van der Waals surface area contributed by atoms with E-state index >= 15 is 0 Å². The summed E-state index contributed by atoms with van der Waals surface area (Å²) in [6.07, 6.45) is 0. The molecule has 2 aromatic rings. The quantitative estimate of drug-likeness (QED) is 0.657. The first-order valence-electron chi connectivity index (χ1n) is 5.40. The summed E-state index contributed by atoms with van der Waals surface area (Å²) in [6.45, 7) is 0.540. The van der Waals surface area contributed by atoms with Gasteiger partial charge in [-0.05, 0) is 18.2 Å². The third-order valence-corrected chi connectivity index (χ3v) is 3.90. The second-order valence-corrected chi connectivity index (χ2v) is 5.79. The minimum absolute atomic E-state index is 0.156. The van der Waals surface area contributed by atoms with Crippen molar-refractivity contribution in [2.45, 2.75) is 6.54 Å². The van der Waals surface area contributed by atoms with Gasteiger partial charge < -0.3 is 10.1 Å². The molecule has 0 spiro atoms. The molecule has 7 heteroatoms. The number of methoxy groups -OCH3 is 1. The van der Waals surface area contributed by atoms with Crippen molar-refractivity contribution >= 4 is 38.0 Å². The molecule has 0 amide bonds. The molecule has 0 atom stereocenters. The van der Waals surface area contributed by atoms with Crippen LogP contribution in [0.25, 0.3) is 0 Å². The van der Waals surface area contributed by atoms with Gasteiger partial charge in [-0.3, -0.25) is 10.1 Å². The molecule has 100 valence electrons. The normalized spacial score (nSPS) is 10.2. The minimum atomic E-state index is -0.379. The number of halogens is 1. The number of benzene rings is 1. The van der Waals surface area contributed by atoms with Crippen molar-refractivity contribution < 1.29 is 9.66 Å². The van der Waals surface area contributed by atoms with Gasteiger partial charge in [-0.25, -0.2) is 0 Å². The summed E-state index contributed by atoms with van der Waals surface area (Å²) in [5.41, 5.74) is 0.891. The Labute approximate surface area is 122 Å². The lowest BCUT2D eigenvalue weighted by molar-refractivity contribution is -0.380. The smallest absolute Gasteiger partial charge is 0.324 e. The first-order valence-corrected chi connectivity index (χ1v) is 7.01. The van der Waals surface area contributed by atoms with Gasteiger partial charge in [0.05, 0.1) is 12.0 Å². The Bertz CT molecular complexity index is 600. The lowest BCUT2D eigenvalue weighted by Crippen LogP contribution is -1.97. The van der Waals surface area contributed by atoms with Crippen molar-refractivity contribution in [1.82, 2.24) is 0 Å². The van der Waals surface area contributed by atoms with E-state index in [1.54, 1.807) is 13.2 Å². The van der Waals surface area contributed by atoms with Crippen LogP contribution in [0.15, 0.2) is 34.8 Å². The number of anilines is 1. The van der Waals surface area contributed by atoms with E-state index in [2.05, 4.69) is 21.2 Å². The summed E-state index contributed by atoms with van der Waals surface area (Å²) >= 11 is 4.57. The number of nitrogens with one attached hydrogen (secondary N) is 1. The van der Waals surface area contributed by atoms with Crippen LogP contribution in [-0.2, 0) is 6.54 Å². The molecule has 0 aliphatic rings. The lowest BCUT2D eigenvalue weighted by Gasteiger charge is -2.08. The highest BCUT2D eigenvalue weighted by atomic mass is 79.9. The van der Waals surface area contributed by atoms with Crippen LogP contribution in [0.5, 0.6) is 5.75 Å². The van der Waals surface area contributed by atoms with Gasteiger partial charge in [0.2, 0.25) is 0 Å². The predicted molar refractivity (Wildman–Crippen MR) is 79.0 cm³/mol. The van der Waals surface area contributed by atoms with Gasteiger partial charge in [-0.1, -0.05) is 27.3 Å². The Hall–Kier alpha value is -1.60. The number of hydrogen-bond donors (Lipinski definition) is 1. The maximum Gasteiger partial charge on any atom is 0.324 e. The fourth-order valence-corrected chi connectivity index (χ4v) is 2.76. The Morgan fingerprint density at radius 2 is 2.21 bits per heavy atom. The van der Waals surface area contributed by atoms with Gasteiger partial charge in [0, 0.05) is 33.7 Å². The number of thiophene rings is 1. The fourth-order valence-electron chi connectivity index (χ4n) is 1.53. The van der Waals surface area contributed by atoms with Gasteiger partial charge in [-0.15, -0.1) is 0 Å². The highest BCUT2D eigenvalue weighted by molar-refractivity contribution is 9.10. The maximum atomic E-state index is 10.6. The van der Waals surface area contributed by atoms with Crippen LogP contribution < -0.4 is 10.1 Å². The van der Waals surface area contributed by atoms with E-state index in [4.69, 9.17) is 4.74 Å². The van der Waals surface area contributed by atoms with Crippen molar-refractivity contribution in [2.24, 2.45) is 0 Å². The first-order chi connectivity index (χ1) is 9.08. The number of nitro groups is 1. The molecule has 1 N–H and O–H groups in total. The molecular weight excluding hydrogens is 332 g/mol. The predicted octanol–water partition coefficient (Wildman–Crippen LogP) is 4.04. The summed E-state index contributed by atoms with van der Waals surface area (Å²) in [5.74, 6) is 0.744. The fraction of sp³-hybridized carbons (Fsp3) is 0.167. The number of hydrogen-bond acceptors (Lipinski definition) is 5. The molecule has 5 nitrogen and oxygen atoms in total. The Morgan fingerprint density at radius 3 is 2.84 bits per heavy atom. The number of rotatable bonds is 5. The standard InChI is InChI=1S/C12H11BrN2O3S/c1-18-10-5-8(13)4-9(6-10)14-7-11-2-3-12(19-11)15(16)17/h2-6,14H,7H2,1H3. The second-order valence-electron chi connectivity index (χ2n) is 3.73. The number of nitrogens with zero attached hydrogens (tertiary/aromatic N) is 1. The molecule has 2 rings (SSSR count). The van der Waals surface area contributed by atoms with E-state index in [0.717, 1.165) is 20.8 Å². The van der Waals surface area contributed by atoms with Crippen LogP contribution in [0.2, 0.25) is 0 Å². The molecule has 0 radical (unpaired) electrons. The van der Waals surface area contributed by atoms with Gasteiger partial charge in [-0.2, -0.15) is 0 Å². The van der Waals surface area contributed by atoms with E-state index in [1.807, 2.05) is 18.2 Å². The van der Waals surface area contributed by atoms with Crippen molar-refractivity contribution in [2.75, 3.05) is 12.4 Å². The van der Waals surface area contributed by atoms with Crippen LogP contribution in [0.4, 0.5) is 10.7 Å². The molecule has 1 aromatic heterocycles. The zero-order valence-electron chi connectivity index (χ0n) is 10.1. The van der Waals surface area contributed by atoms with Gasteiger partial charge in [0.25, 0.3) is 0 Å². The third kappa shape index (κ3) is 3.68. The first kappa shape index (κ1) is 13.8. The lowest BCUT2D eigenvalue weighted by atomic mass is 10.3. The van der Waals surface area contributed by atoms with Crippen LogP contribution in [-0.4, -0.2) is 12.0 Å². The van der Waals surface area contributed by atoms with E-state index in [0.29, 0.717) is 6.54 Å². The molecule has 0 saturated carbocycles. The van der Waals surface area contributed by atoms with Crippen molar-refractivity contribution in [3.8, 4) is 5.75 Å². The average Bonchev–Trinajstić information content (AvgIpc) is 2.84. The van der Waals surface area contributed by atoms with E-state index in [1.165, 1.54) is 17.4 Å². The maximum absolute atomic E-state index is 10.6. The van der Waals surface area contributed by atoms with Crippen LogP contribution in [0, 0.1) is 10.1 Å². The second kappa shape index (κ2) is 6.03. The van der Waals surface area contributed by atoms with Gasteiger partial charge >= 0.3 is 5.00 Å². The topological polar surface area (TPSA) is 64.4 Å². The Balaban J connectivity index is 2.05. The molecule has 19 heavy (non-hydrogen) atoms. The van der Waals surface area contributed by atoms with E-state index in [-0.39, 0.29) is 9.92 Å². The molecule has 0 aliphatic heterocycles. The Morgan fingerprint density at radius 1 is 1.42 bits per heavy atom. The van der Waals surface area contributed by atoms with E-state index < -0.39 is 0 Å². The van der Waals surface area contributed by atoms with Crippen LogP contribution in [0.1, 0.15) is 4.88 Å². The molecule has 1 heterocycles. The monoisotopic (exact) mass is 342 g/mol. The van der Waals surface area contributed by atoms with Crippen molar-refractivity contribution in [3.05, 3.63) is 49.8 Å². The van der Waals surface area contributed by atoms with Gasteiger partial charge in [0.1, 0.15) is 5.75 Å². The summed E-state index contributed by atoms with van der Waals surface area (Å²) in [4.78, 5) is 11.1. The van der Waals surface area contributed by atoms with Crippen molar-refractivity contribution in [1.29, 1.82) is 0 Å². The summed E-state index contributed by atoms with van der Waals surface area (Å²) in [7, 11) is 1.61. The SMILES string of the molecule is COc1cc(Br)cc(NCc2ccc([N+](=O)[O-])s2)c1. The highest BCUT2D eigenvalue weighted by Crippen LogP contribution is 2.27. The summed E-state index contributed by atoms with van der Waals surface area (Å²) < 4.78 is 6.08. The largest absolute Gasteiger partial charge is 0.497 e. The molecule has 0 aliphatic carbocycles. The zero-order chi connectivity index (χ0) is 13.8. The summed E-state index contributed by atoms with van der Waals surface area (Å²) in [6, 6.07) is 8.92. The van der Waals surface area contributed by atoms with Gasteiger partial charge in [0.15, 0.2) is 0 Å². The highest BCUT2D eigenvalue weighted by Gasteiger charge is 2.09. The molecule has 0 fully saturated rings. The zero-order valence-corrected chi connectivity index (χ0v) is 12.5. The molecule has 0 unspecified atom stereocenters. The van der Waals surface area contributed by atoms with E-state index in [9.17, 15) is 10.1 Å². The molecule has 0 saturated heterocycles. The molecule has 0 bridgehead atoms. The average molecular weight is 343 g/mol. The van der Waals surface area contributed by atoms with Crippen LogP contribution >= 0.6 is 27.3 Å². The third-order valence-electron chi connectivity index (χ3n) is 2.40. The summed E-state index contributed by atoms with van der Waals surface area (Å²) in [5, 5.41) is 14.0. The number of ether oxygens (including phenoxy) is 1. The molecule has 1 aromatic carbocycles. The minimum Gasteiger partial charge on any atom is -0.497 e. The van der Waals surface area contributed by atoms with Crippen LogP contribution in [0.3, 0.4) is 0 Å². The Kier molecular flexibility index (Phi) is 4.39. The molecular formula is C12H11BrN2O3S. The van der Waals surface area contributed by atoms with Crippen molar-refractivity contribution in [3.63, 3.8) is 0 Å².